The zero-order valence-electron chi connectivity index (χ0n) is 12.1. The van der Waals surface area contributed by atoms with Gasteiger partial charge in [-0.2, -0.15) is 28.6 Å². The van der Waals surface area contributed by atoms with Crippen LogP contribution in [0.15, 0.2) is 12.3 Å². The SMILES string of the molecule is CCC1SCCSC1C(N)Cc1ccn(C(C)C)n1. The van der Waals surface area contributed by atoms with Crippen LogP contribution < -0.4 is 5.73 Å². The number of rotatable bonds is 5. The molecular formula is C14H25N3S2. The molecule has 5 heteroatoms. The molecule has 1 aromatic heterocycles. The lowest BCUT2D eigenvalue weighted by molar-refractivity contribution is 0.518. The average molecular weight is 300 g/mol. The maximum Gasteiger partial charge on any atom is 0.0640 e. The molecule has 0 aromatic carbocycles. The quantitative estimate of drug-likeness (QED) is 0.908. The second-order valence-corrected chi connectivity index (χ2v) is 8.03. The summed E-state index contributed by atoms with van der Waals surface area (Å²) in [5.41, 5.74) is 7.58. The summed E-state index contributed by atoms with van der Waals surface area (Å²) in [5.74, 6) is 2.51. The van der Waals surface area contributed by atoms with E-state index >= 15 is 0 Å². The number of nitrogens with zero attached hydrogens (tertiary/aromatic N) is 2. The second-order valence-electron chi connectivity index (χ2n) is 5.40. The maximum absolute atomic E-state index is 6.45. The van der Waals surface area contributed by atoms with E-state index in [0.29, 0.717) is 16.5 Å². The van der Waals surface area contributed by atoms with Crippen LogP contribution in [0, 0.1) is 0 Å². The number of nitrogens with two attached hydrogens (primary N) is 1. The third kappa shape index (κ3) is 3.92. The van der Waals surface area contributed by atoms with E-state index in [0.717, 1.165) is 12.1 Å². The molecule has 3 nitrogen and oxygen atoms in total. The molecule has 19 heavy (non-hydrogen) atoms. The van der Waals surface area contributed by atoms with Gasteiger partial charge in [0.15, 0.2) is 0 Å². The summed E-state index contributed by atoms with van der Waals surface area (Å²) in [6.07, 6.45) is 4.18. The van der Waals surface area contributed by atoms with Gasteiger partial charge in [-0.05, 0) is 26.3 Å². The summed E-state index contributed by atoms with van der Waals surface area (Å²) in [6.45, 7) is 6.58. The standard InChI is InChI=1S/C14H25N3S2/c1-4-13-14(19-8-7-18-13)12(15)9-11-5-6-17(16-11)10(2)3/h5-6,10,12-14H,4,7-9,15H2,1-3H3. The van der Waals surface area contributed by atoms with E-state index in [-0.39, 0.29) is 6.04 Å². The van der Waals surface area contributed by atoms with E-state index < -0.39 is 0 Å². The monoisotopic (exact) mass is 299 g/mol. The molecule has 0 bridgehead atoms. The third-order valence-corrected chi connectivity index (χ3v) is 6.98. The van der Waals surface area contributed by atoms with Crippen LogP contribution >= 0.6 is 23.5 Å². The van der Waals surface area contributed by atoms with Crippen LogP contribution in [0.25, 0.3) is 0 Å². The predicted octanol–water partition coefficient (Wildman–Crippen LogP) is 2.96. The van der Waals surface area contributed by atoms with Gasteiger partial charge in [0.05, 0.1) is 5.69 Å². The predicted molar refractivity (Wildman–Crippen MR) is 87.1 cm³/mol. The number of thioether (sulfide) groups is 2. The highest BCUT2D eigenvalue weighted by atomic mass is 32.2. The molecule has 0 radical (unpaired) electrons. The molecule has 2 heterocycles. The molecule has 1 fully saturated rings. The Bertz CT molecular complexity index is 392. The number of aromatic nitrogens is 2. The fraction of sp³-hybridized carbons (Fsp3) is 0.786. The molecule has 108 valence electrons. The van der Waals surface area contributed by atoms with Crippen molar-refractivity contribution in [1.82, 2.24) is 9.78 Å². The minimum atomic E-state index is 0.221. The highest BCUT2D eigenvalue weighted by Crippen LogP contribution is 2.35. The molecule has 1 aromatic rings. The van der Waals surface area contributed by atoms with E-state index in [9.17, 15) is 0 Å². The molecule has 3 unspecified atom stereocenters. The van der Waals surface area contributed by atoms with E-state index in [1.54, 1.807) is 0 Å². The topological polar surface area (TPSA) is 43.8 Å². The molecule has 3 atom stereocenters. The fourth-order valence-corrected chi connectivity index (χ4v) is 5.66. The summed E-state index contributed by atoms with van der Waals surface area (Å²) in [6, 6.07) is 2.76. The molecule has 1 saturated heterocycles. The van der Waals surface area contributed by atoms with Crippen LogP contribution in [0.2, 0.25) is 0 Å². The van der Waals surface area contributed by atoms with Crippen molar-refractivity contribution in [2.45, 2.75) is 56.2 Å². The lowest BCUT2D eigenvalue weighted by Gasteiger charge is -2.33. The van der Waals surface area contributed by atoms with Gasteiger partial charge in [-0.25, -0.2) is 0 Å². The fourth-order valence-electron chi connectivity index (χ4n) is 2.47. The smallest absolute Gasteiger partial charge is 0.0640 e. The van der Waals surface area contributed by atoms with Crippen LogP contribution in [0.5, 0.6) is 0 Å². The van der Waals surface area contributed by atoms with Gasteiger partial charge >= 0.3 is 0 Å². The van der Waals surface area contributed by atoms with Gasteiger partial charge in [0.1, 0.15) is 0 Å². The molecule has 0 amide bonds. The van der Waals surface area contributed by atoms with Crippen LogP contribution in [0.3, 0.4) is 0 Å². The Balaban J connectivity index is 1.96. The van der Waals surface area contributed by atoms with Gasteiger partial charge in [-0.1, -0.05) is 6.92 Å². The average Bonchev–Trinajstić information content (AvgIpc) is 2.87. The summed E-state index contributed by atoms with van der Waals surface area (Å²) in [5, 5.41) is 5.90. The zero-order valence-corrected chi connectivity index (χ0v) is 13.7. The zero-order chi connectivity index (χ0) is 13.8. The van der Waals surface area contributed by atoms with Gasteiger partial charge in [0, 0.05) is 46.7 Å². The molecule has 2 N–H and O–H groups in total. The van der Waals surface area contributed by atoms with Crippen molar-refractivity contribution >= 4 is 23.5 Å². The van der Waals surface area contributed by atoms with Gasteiger partial charge in [0.2, 0.25) is 0 Å². The molecule has 1 aliphatic rings. The minimum Gasteiger partial charge on any atom is -0.326 e. The number of hydrogen-bond acceptors (Lipinski definition) is 4. The van der Waals surface area contributed by atoms with Crippen LogP contribution in [0.4, 0.5) is 0 Å². The van der Waals surface area contributed by atoms with Crippen LogP contribution in [-0.2, 0) is 6.42 Å². The molecule has 2 rings (SSSR count). The molecule has 0 saturated carbocycles. The highest BCUT2D eigenvalue weighted by Gasteiger charge is 2.30. The van der Waals surface area contributed by atoms with Crippen molar-refractivity contribution in [3.8, 4) is 0 Å². The van der Waals surface area contributed by atoms with E-state index in [4.69, 9.17) is 5.73 Å². The van der Waals surface area contributed by atoms with Gasteiger partial charge in [-0.15, -0.1) is 0 Å². The first-order valence-corrected chi connectivity index (χ1v) is 9.24. The molecular weight excluding hydrogens is 274 g/mol. The highest BCUT2D eigenvalue weighted by molar-refractivity contribution is 8.07. The van der Waals surface area contributed by atoms with Crippen LogP contribution in [-0.4, -0.2) is 37.8 Å². The van der Waals surface area contributed by atoms with Crippen molar-refractivity contribution < 1.29 is 0 Å². The Morgan fingerprint density at radius 1 is 1.42 bits per heavy atom. The molecule has 1 aliphatic heterocycles. The summed E-state index contributed by atoms with van der Waals surface area (Å²) in [7, 11) is 0. The normalized spacial score (nSPS) is 25.7. The van der Waals surface area contributed by atoms with Crippen molar-refractivity contribution in [2.75, 3.05) is 11.5 Å². The summed E-state index contributed by atoms with van der Waals surface area (Å²) in [4.78, 5) is 0. The van der Waals surface area contributed by atoms with E-state index in [1.165, 1.54) is 17.9 Å². The van der Waals surface area contributed by atoms with Gasteiger partial charge in [0.25, 0.3) is 0 Å². The van der Waals surface area contributed by atoms with Crippen molar-refractivity contribution in [3.63, 3.8) is 0 Å². The Morgan fingerprint density at radius 3 is 2.79 bits per heavy atom. The van der Waals surface area contributed by atoms with Gasteiger partial charge in [-0.3, -0.25) is 4.68 Å². The Labute approximate surface area is 125 Å². The number of hydrogen-bond donors (Lipinski definition) is 1. The van der Waals surface area contributed by atoms with Crippen LogP contribution in [0.1, 0.15) is 38.9 Å². The van der Waals surface area contributed by atoms with E-state index in [1.807, 2.05) is 4.68 Å². The first-order chi connectivity index (χ1) is 9.11. The largest absolute Gasteiger partial charge is 0.326 e. The third-order valence-electron chi connectivity index (χ3n) is 3.55. The van der Waals surface area contributed by atoms with Crippen molar-refractivity contribution in [2.24, 2.45) is 5.73 Å². The minimum absolute atomic E-state index is 0.221. The Kier molecular flexibility index (Phi) is 5.66. The lowest BCUT2D eigenvalue weighted by atomic mass is 10.0. The Hall–Kier alpha value is -0.130. The Morgan fingerprint density at radius 2 is 2.16 bits per heavy atom. The summed E-state index contributed by atoms with van der Waals surface area (Å²) >= 11 is 4.15. The summed E-state index contributed by atoms with van der Waals surface area (Å²) < 4.78 is 2.02. The van der Waals surface area contributed by atoms with E-state index in [2.05, 4.69) is 61.7 Å². The maximum atomic E-state index is 6.45. The first kappa shape index (κ1) is 15.3. The van der Waals surface area contributed by atoms with Crippen molar-refractivity contribution in [1.29, 1.82) is 0 Å². The van der Waals surface area contributed by atoms with Crippen molar-refractivity contribution in [3.05, 3.63) is 18.0 Å². The first-order valence-electron chi connectivity index (χ1n) is 7.14. The molecule has 0 spiro atoms. The lowest BCUT2D eigenvalue weighted by Crippen LogP contribution is -2.43. The molecule has 0 aliphatic carbocycles. The second kappa shape index (κ2) is 7.04. The van der Waals surface area contributed by atoms with Gasteiger partial charge < -0.3 is 5.73 Å².